The van der Waals surface area contributed by atoms with Gasteiger partial charge >= 0.3 is 0 Å². The Kier molecular flexibility index (Phi) is 6.98. The van der Waals surface area contributed by atoms with E-state index in [1.54, 1.807) is 24.3 Å². The Morgan fingerprint density at radius 1 is 1.07 bits per heavy atom. The minimum atomic E-state index is -0.792. The Morgan fingerprint density at radius 2 is 1.82 bits per heavy atom. The first-order valence-corrected chi connectivity index (χ1v) is 10.4. The van der Waals surface area contributed by atoms with Crippen LogP contribution in [0.2, 0.25) is 0 Å². The molecule has 0 bridgehead atoms. The van der Waals surface area contributed by atoms with Crippen LogP contribution < -0.4 is 0 Å². The molecule has 3 heteroatoms. The summed E-state index contributed by atoms with van der Waals surface area (Å²) in [4.78, 5) is 0. The summed E-state index contributed by atoms with van der Waals surface area (Å²) >= 11 is 0. The second-order valence-corrected chi connectivity index (χ2v) is 7.87. The molecule has 1 aliphatic carbocycles. The van der Waals surface area contributed by atoms with Gasteiger partial charge in [-0.3, -0.25) is 0 Å². The fourth-order valence-corrected chi connectivity index (χ4v) is 4.21. The van der Waals surface area contributed by atoms with Gasteiger partial charge in [-0.25, -0.2) is 13.2 Å². The zero-order chi connectivity index (χ0) is 20.1. The van der Waals surface area contributed by atoms with Gasteiger partial charge in [0.1, 0.15) is 11.6 Å². The van der Waals surface area contributed by atoms with E-state index in [1.165, 1.54) is 6.07 Å². The van der Waals surface area contributed by atoms with Crippen molar-refractivity contribution in [3.8, 4) is 0 Å². The summed E-state index contributed by atoms with van der Waals surface area (Å²) in [6.07, 6.45) is 9.78. The molecule has 0 unspecified atom stereocenters. The number of fused-ring (bicyclic) bond motifs is 1. The van der Waals surface area contributed by atoms with Gasteiger partial charge in [-0.15, -0.1) is 0 Å². The molecule has 0 radical (unpaired) electrons. The standard InChI is InChI=1S/C25H29F3/c1-3-5-6-7-18-12-13-20-16-21(14-15-22(20)23(18)26)25(28)24(27)19-10-8-17(4-2)9-11-19/h3,5,12-17,19H,4,6-11H2,1-2H3/b5-3+,25-24?. The fraction of sp³-hybridized carbons (Fsp3) is 0.440. The number of benzene rings is 2. The lowest BCUT2D eigenvalue weighted by Gasteiger charge is -2.26. The van der Waals surface area contributed by atoms with Crippen molar-refractivity contribution >= 4 is 16.6 Å². The van der Waals surface area contributed by atoms with E-state index in [-0.39, 0.29) is 17.3 Å². The van der Waals surface area contributed by atoms with Gasteiger partial charge in [0.2, 0.25) is 0 Å². The molecule has 0 amide bonds. The lowest BCUT2D eigenvalue weighted by Crippen LogP contribution is -2.14. The monoisotopic (exact) mass is 386 g/mol. The quantitative estimate of drug-likeness (QED) is 0.438. The smallest absolute Gasteiger partial charge is 0.162 e. The maximum atomic E-state index is 14.8. The molecular weight excluding hydrogens is 357 g/mol. The Morgan fingerprint density at radius 3 is 2.50 bits per heavy atom. The summed E-state index contributed by atoms with van der Waals surface area (Å²) in [5.74, 6) is -1.39. The van der Waals surface area contributed by atoms with Gasteiger partial charge in [-0.05, 0) is 68.4 Å². The second kappa shape index (κ2) is 9.45. The van der Waals surface area contributed by atoms with Gasteiger partial charge in [-0.2, -0.15) is 0 Å². The van der Waals surface area contributed by atoms with Crippen molar-refractivity contribution in [2.75, 3.05) is 0 Å². The van der Waals surface area contributed by atoms with Crippen LogP contribution in [0.4, 0.5) is 13.2 Å². The second-order valence-electron chi connectivity index (χ2n) is 7.87. The Bertz CT molecular complexity index is 871. The highest BCUT2D eigenvalue weighted by molar-refractivity contribution is 5.87. The van der Waals surface area contributed by atoms with Crippen molar-refractivity contribution < 1.29 is 13.2 Å². The van der Waals surface area contributed by atoms with Crippen LogP contribution in [0.15, 0.2) is 48.3 Å². The molecule has 3 rings (SSSR count). The molecule has 2 aromatic rings. The van der Waals surface area contributed by atoms with Crippen LogP contribution in [0.3, 0.4) is 0 Å². The molecule has 0 aliphatic heterocycles. The number of rotatable bonds is 6. The first kappa shape index (κ1) is 20.7. The third-order valence-corrected chi connectivity index (χ3v) is 6.10. The minimum absolute atomic E-state index is 0.198. The lowest BCUT2D eigenvalue weighted by atomic mass is 9.80. The van der Waals surface area contributed by atoms with Crippen LogP contribution in [0.1, 0.15) is 63.5 Å². The average molecular weight is 387 g/mol. The predicted octanol–water partition coefficient (Wildman–Crippen LogP) is 8.31. The zero-order valence-corrected chi connectivity index (χ0v) is 16.8. The maximum Gasteiger partial charge on any atom is 0.162 e. The highest BCUT2D eigenvalue weighted by Gasteiger charge is 2.26. The van der Waals surface area contributed by atoms with E-state index in [0.717, 1.165) is 25.7 Å². The third kappa shape index (κ3) is 4.51. The Labute approximate surface area is 166 Å². The van der Waals surface area contributed by atoms with Crippen molar-refractivity contribution in [1.82, 2.24) is 0 Å². The molecule has 1 saturated carbocycles. The summed E-state index contributed by atoms with van der Waals surface area (Å²) in [5, 5.41) is 1.06. The molecule has 0 aromatic heterocycles. The zero-order valence-electron chi connectivity index (χ0n) is 16.8. The van der Waals surface area contributed by atoms with Gasteiger partial charge in [0, 0.05) is 16.9 Å². The molecule has 0 N–H and O–H groups in total. The van der Waals surface area contributed by atoms with Crippen molar-refractivity contribution in [3.05, 3.63) is 65.3 Å². The maximum absolute atomic E-state index is 14.8. The molecule has 0 spiro atoms. The van der Waals surface area contributed by atoms with E-state index in [2.05, 4.69) is 6.92 Å². The summed E-state index contributed by atoms with van der Waals surface area (Å²) in [5.41, 5.74) is 0.844. The minimum Gasteiger partial charge on any atom is -0.208 e. The van der Waals surface area contributed by atoms with Crippen molar-refractivity contribution in [2.45, 2.75) is 58.8 Å². The van der Waals surface area contributed by atoms with Crippen LogP contribution in [-0.2, 0) is 6.42 Å². The van der Waals surface area contributed by atoms with Crippen molar-refractivity contribution in [1.29, 1.82) is 0 Å². The number of allylic oxidation sites excluding steroid dienone is 3. The summed E-state index contributed by atoms with van der Waals surface area (Å²) in [7, 11) is 0. The van der Waals surface area contributed by atoms with Gasteiger partial charge in [0.05, 0.1) is 0 Å². The average Bonchev–Trinajstić information content (AvgIpc) is 2.74. The van der Waals surface area contributed by atoms with Crippen molar-refractivity contribution in [2.24, 2.45) is 11.8 Å². The van der Waals surface area contributed by atoms with E-state index >= 15 is 0 Å². The molecule has 0 nitrogen and oxygen atoms in total. The van der Waals surface area contributed by atoms with E-state index in [9.17, 15) is 13.2 Å². The first-order valence-electron chi connectivity index (χ1n) is 10.4. The summed E-state index contributed by atoms with van der Waals surface area (Å²) < 4.78 is 44.3. The SMILES string of the molecule is C/C=C/CCc1ccc2cc(C(F)=C(F)C3CCC(CC)CC3)ccc2c1F. The molecule has 0 heterocycles. The Balaban J connectivity index is 1.84. The van der Waals surface area contributed by atoms with Crippen LogP contribution in [-0.4, -0.2) is 0 Å². The van der Waals surface area contributed by atoms with Crippen LogP contribution in [0, 0.1) is 17.7 Å². The lowest BCUT2D eigenvalue weighted by molar-refractivity contribution is 0.268. The first-order chi connectivity index (χ1) is 13.5. The topological polar surface area (TPSA) is 0 Å². The predicted molar refractivity (Wildman–Crippen MR) is 112 cm³/mol. The molecule has 0 saturated heterocycles. The van der Waals surface area contributed by atoms with Crippen LogP contribution >= 0.6 is 0 Å². The molecule has 1 aliphatic rings. The van der Waals surface area contributed by atoms with Gasteiger partial charge in [0.15, 0.2) is 5.83 Å². The highest BCUT2D eigenvalue weighted by atomic mass is 19.2. The number of hydrogen-bond acceptors (Lipinski definition) is 0. The molecule has 2 aromatic carbocycles. The summed E-state index contributed by atoms with van der Waals surface area (Å²) in [6, 6.07) is 8.16. The summed E-state index contributed by atoms with van der Waals surface area (Å²) in [6.45, 7) is 4.09. The van der Waals surface area contributed by atoms with Gasteiger partial charge < -0.3 is 0 Å². The van der Waals surface area contributed by atoms with Crippen molar-refractivity contribution in [3.63, 3.8) is 0 Å². The van der Waals surface area contributed by atoms with Gasteiger partial charge in [-0.1, -0.05) is 49.8 Å². The van der Waals surface area contributed by atoms with E-state index in [1.807, 2.05) is 19.1 Å². The fourth-order valence-electron chi connectivity index (χ4n) is 4.21. The number of hydrogen-bond donors (Lipinski definition) is 0. The number of halogens is 3. The normalized spacial score (nSPS) is 21.3. The highest BCUT2D eigenvalue weighted by Crippen LogP contribution is 2.39. The number of aryl methyl sites for hydroxylation is 1. The molecule has 28 heavy (non-hydrogen) atoms. The van der Waals surface area contributed by atoms with Gasteiger partial charge in [0.25, 0.3) is 0 Å². The molecular formula is C25H29F3. The van der Waals surface area contributed by atoms with E-state index in [4.69, 9.17) is 0 Å². The molecule has 1 fully saturated rings. The van der Waals surface area contributed by atoms with E-state index < -0.39 is 11.7 Å². The third-order valence-electron chi connectivity index (χ3n) is 6.10. The Hall–Kier alpha value is -2.03. The van der Waals surface area contributed by atoms with Crippen LogP contribution in [0.25, 0.3) is 16.6 Å². The molecule has 150 valence electrons. The van der Waals surface area contributed by atoms with E-state index in [0.29, 0.717) is 41.5 Å². The van der Waals surface area contributed by atoms with Crippen LogP contribution in [0.5, 0.6) is 0 Å². The largest absolute Gasteiger partial charge is 0.208 e. The molecule has 0 atom stereocenters.